The molecular formula is C56H98N8O7S5. The second-order valence-corrected chi connectivity index (χ2v) is 21.6. The summed E-state index contributed by atoms with van der Waals surface area (Å²) in [5.74, 6) is 6.97. The highest BCUT2D eigenvalue weighted by molar-refractivity contribution is 8.09. The van der Waals surface area contributed by atoms with E-state index in [2.05, 4.69) is 112 Å². The normalized spacial score (nSPS) is 10.2. The number of Topliss-reactive ketones (excluding diaryl/α,β-unsaturated/α-hetero) is 2. The van der Waals surface area contributed by atoms with Gasteiger partial charge in [-0.15, -0.1) is 11.8 Å². The second kappa shape index (κ2) is 54.9. The van der Waals surface area contributed by atoms with Crippen LogP contribution in [0.3, 0.4) is 0 Å². The van der Waals surface area contributed by atoms with E-state index < -0.39 is 0 Å². The van der Waals surface area contributed by atoms with E-state index in [1.165, 1.54) is 6.42 Å². The Bertz CT molecular complexity index is 1900. The molecule has 0 unspecified atom stereocenters. The summed E-state index contributed by atoms with van der Waals surface area (Å²) in [6.07, 6.45) is 4.88. The fraction of sp³-hybridized carbons (Fsp3) is 0.643. The zero-order valence-electron chi connectivity index (χ0n) is 48.6. The lowest BCUT2D eigenvalue weighted by Gasteiger charge is -2.22. The first-order valence-electron chi connectivity index (χ1n) is 25.9. The van der Waals surface area contributed by atoms with E-state index in [4.69, 9.17) is 40.6 Å². The second-order valence-electron chi connectivity index (χ2n) is 18.8. The summed E-state index contributed by atoms with van der Waals surface area (Å²) in [6, 6.07) is 23.7. The van der Waals surface area contributed by atoms with E-state index in [-0.39, 0.29) is 36.0 Å². The van der Waals surface area contributed by atoms with E-state index in [0.29, 0.717) is 62.5 Å². The Balaban J connectivity index is -0.000000406. The summed E-state index contributed by atoms with van der Waals surface area (Å²) in [7, 11) is 1.69. The molecule has 0 heterocycles. The van der Waals surface area contributed by atoms with Crippen molar-refractivity contribution in [1.29, 1.82) is 0 Å². The lowest BCUT2D eigenvalue weighted by atomic mass is 10.1. The van der Waals surface area contributed by atoms with Gasteiger partial charge in [-0.3, -0.25) is 9.59 Å². The predicted octanol–water partition coefficient (Wildman–Crippen LogP) is 15.6. The number of benzene rings is 3. The lowest BCUT2D eigenvalue weighted by molar-refractivity contribution is -0.137. The minimum absolute atomic E-state index is 0.143. The first-order chi connectivity index (χ1) is 36.0. The number of rotatable bonds is 28. The van der Waals surface area contributed by atoms with Crippen molar-refractivity contribution in [3.8, 4) is 17.2 Å². The van der Waals surface area contributed by atoms with Crippen molar-refractivity contribution in [3.05, 3.63) is 110 Å². The number of thiol groups is 4. The number of ketones is 2. The van der Waals surface area contributed by atoms with Crippen molar-refractivity contribution < 1.29 is 33.4 Å². The first-order valence-corrected chi connectivity index (χ1v) is 29.6. The molecule has 434 valence electrons. The molecule has 0 saturated carbocycles. The van der Waals surface area contributed by atoms with Crippen molar-refractivity contribution >= 4 is 73.8 Å². The van der Waals surface area contributed by atoms with Crippen LogP contribution < -0.4 is 19.9 Å². The molecule has 2 N–H and O–H groups in total. The van der Waals surface area contributed by atoms with Gasteiger partial charge in [0.05, 0.1) is 50.6 Å². The number of carbonyl (C=O) groups excluding carboxylic acids is 2. The summed E-state index contributed by atoms with van der Waals surface area (Å²) in [5, 5.41) is 9.62. The number of azide groups is 2. The fourth-order valence-electron chi connectivity index (χ4n) is 5.05. The number of hydroxylamine groups is 2. The van der Waals surface area contributed by atoms with Gasteiger partial charge in [-0.1, -0.05) is 74.3 Å². The van der Waals surface area contributed by atoms with Crippen LogP contribution in [0.1, 0.15) is 139 Å². The van der Waals surface area contributed by atoms with Gasteiger partial charge >= 0.3 is 0 Å². The maximum absolute atomic E-state index is 11.1. The minimum atomic E-state index is 0.143. The van der Waals surface area contributed by atoms with Crippen LogP contribution in [0.2, 0.25) is 0 Å². The van der Waals surface area contributed by atoms with Crippen LogP contribution in [-0.2, 0) is 38.7 Å². The summed E-state index contributed by atoms with van der Waals surface area (Å²) in [5.41, 5.74) is 24.7. The Labute approximate surface area is 485 Å². The molecule has 3 aromatic rings. The molecule has 76 heavy (non-hydrogen) atoms. The van der Waals surface area contributed by atoms with E-state index in [1.54, 1.807) is 18.9 Å². The molecule has 0 radical (unpaired) electrons. The molecule has 0 bridgehead atoms. The molecule has 0 aliphatic heterocycles. The van der Waals surface area contributed by atoms with Crippen molar-refractivity contribution in [2.45, 2.75) is 173 Å². The average Bonchev–Trinajstić information content (AvgIpc) is 3.36. The molecule has 0 amide bonds. The summed E-state index contributed by atoms with van der Waals surface area (Å²) >= 11 is 17.7. The Morgan fingerprint density at radius 2 is 1.03 bits per heavy atom. The molecule has 0 fully saturated rings. The van der Waals surface area contributed by atoms with Crippen molar-refractivity contribution in [2.24, 2.45) is 27.8 Å². The number of carbonyl (C=O) groups is 2. The Morgan fingerprint density at radius 1 is 0.605 bits per heavy atom. The largest absolute Gasteiger partial charge is 0.491 e. The lowest BCUT2D eigenvalue weighted by Crippen LogP contribution is -2.29. The van der Waals surface area contributed by atoms with Gasteiger partial charge in [-0.2, -0.15) is 55.6 Å². The highest BCUT2D eigenvalue weighted by atomic mass is 32.2. The molecule has 0 aromatic heterocycles. The molecule has 20 heteroatoms. The summed E-state index contributed by atoms with van der Waals surface area (Å²) in [6.45, 7) is 30.8. The van der Waals surface area contributed by atoms with E-state index in [9.17, 15) is 9.59 Å². The molecule has 0 atom stereocenters. The number of aryl methyl sites for hydroxylation is 1. The number of thioether (sulfide) groups is 1. The van der Waals surface area contributed by atoms with Crippen LogP contribution in [0, 0.1) is 11.8 Å². The van der Waals surface area contributed by atoms with Crippen LogP contribution in [0.25, 0.3) is 20.9 Å². The molecule has 3 aromatic carbocycles. The van der Waals surface area contributed by atoms with Gasteiger partial charge < -0.3 is 29.5 Å². The monoisotopic (exact) mass is 1150 g/mol. The molecule has 0 aliphatic rings. The smallest absolute Gasteiger partial charge is 0.144 e. The quantitative estimate of drug-likeness (QED) is 0.0116. The van der Waals surface area contributed by atoms with Gasteiger partial charge in [0.15, 0.2) is 0 Å². The molecule has 15 nitrogen and oxygen atoms in total. The Hall–Kier alpha value is -3.39. The van der Waals surface area contributed by atoms with Crippen LogP contribution in [0.4, 0.5) is 0 Å². The molecule has 0 aliphatic carbocycles. The first kappa shape index (κ1) is 79.1. The zero-order valence-corrected chi connectivity index (χ0v) is 53.0. The fourth-order valence-corrected chi connectivity index (χ4v) is 6.80. The number of ether oxygens (including phenoxy) is 4. The van der Waals surface area contributed by atoms with Gasteiger partial charge in [0.1, 0.15) is 28.8 Å². The Kier molecular flexibility index (Phi) is 57.2. The topological polar surface area (TPSA) is 207 Å². The molecule has 3 rings (SSSR count). The van der Waals surface area contributed by atoms with Crippen molar-refractivity contribution in [1.82, 2.24) is 5.06 Å². The minimum Gasteiger partial charge on any atom is -0.491 e. The van der Waals surface area contributed by atoms with Crippen molar-refractivity contribution in [2.75, 3.05) is 48.5 Å². The Morgan fingerprint density at radius 3 is 1.34 bits per heavy atom. The third kappa shape index (κ3) is 56.8. The van der Waals surface area contributed by atoms with Crippen molar-refractivity contribution in [3.63, 3.8) is 0 Å². The summed E-state index contributed by atoms with van der Waals surface area (Å²) < 4.78 is 21.6. The maximum Gasteiger partial charge on any atom is 0.144 e. The highest BCUT2D eigenvalue weighted by Crippen LogP contribution is 2.17. The van der Waals surface area contributed by atoms with Crippen LogP contribution >= 0.6 is 62.3 Å². The molecule has 0 saturated heterocycles. The molecular weight excluding hydrogens is 1060 g/mol. The third-order valence-electron chi connectivity index (χ3n) is 9.01. The number of hydrogen-bond donors (Lipinski definition) is 5. The average molecular weight is 1160 g/mol. The van der Waals surface area contributed by atoms with Crippen LogP contribution in [-0.4, -0.2) is 95.6 Å². The number of hydrogen-bond acceptors (Lipinski definition) is 16. The van der Waals surface area contributed by atoms with Gasteiger partial charge in [0.2, 0.25) is 0 Å². The highest BCUT2D eigenvalue weighted by Gasteiger charge is 2.07. The van der Waals surface area contributed by atoms with E-state index in [1.807, 2.05) is 133 Å². The standard InChI is InChI=1S/C13H18O2S.C10H13N3O.C10H15NO.C7H14O2S.C6H15NOS2.C5H11N3.C5H12S/c1-10(2)15-13-7-4-11(5-8-13)3-6-12(14)9-16;1-8(2)14-10-5-3-9(4-6-10)7-12-13-11;1-8(2)12-10-5-3-9(7-11)4-6-10;1-6(2)9-4-3-7(8)5-10;1-6(2)7(8-3)4-10-5-9;1-5(2)3-4-7-8-6;1-5(2)3-4-6/h4-5,7-8,10,16H,3,6,9H2,1-2H3;3-6,8H,7H2,1-2H3;3-6,8H,7,11H2,1-2H3;6,10H,3-5H2,1-2H3;6,9H,4-5H2,1-3H3;5H,3-4H2,1-2H3;5-6H,3-4H2,1-2H3. The zero-order chi connectivity index (χ0) is 58.7. The third-order valence-corrected chi connectivity index (χ3v) is 11.1. The van der Waals surface area contributed by atoms with Gasteiger partial charge in [-0.25, -0.2) is 0 Å². The number of nitrogens with two attached hydrogens (primary N) is 1. The maximum atomic E-state index is 11.1. The predicted molar refractivity (Wildman–Crippen MR) is 336 cm³/mol. The summed E-state index contributed by atoms with van der Waals surface area (Å²) in [4.78, 5) is 32.2. The van der Waals surface area contributed by atoms with E-state index in [0.717, 1.165) is 69.4 Å². The van der Waals surface area contributed by atoms with E-state index >= 15 is 0 Å². The van der Waals surface area contributed by atoms with Gasteiger partial charge in [0, 0.05) is 58.4 Å². The SMILES string of the molecule is CC(C)CCN=[N+]=[N-].CC(C)CCS.CC(C)OCCC(=O)CS.CC(C)Oc1ccc(CCC(=O)CS)cc1.CC(C)Oc1ccc(CN)cc1.CC(C)Oc1ccc(CN=[N+]=[N-])cc1.CON(CSCS)C(C)C. The van der Waals surface area contributed by atoms with Crippen LogP contribution in [0.15, 0.2) is 83.0 Å². The number of nitrogens with zero attached hydrogens (tertiary/aromatic N) is 7. The molecule has 0 spiro atoms. The van der Waals surface area contributed by atoms with Gasteiger partial charge in [0.25, 0.3) is 0 Å². The van der Waals surface area contributed by atoms with Crippen LogP contribution in [0.5, 0.6) is 17.2 Å². The van der Waals surface area contributed by atoms with Gasteiger partial charge in [-0.05, 0) is 170 Å².